The molecule has 0 fully saturated rings. The van der Waals surface area contributed by atoms with E-state index in [1.54, 1.807) is 18.2 Å². The lowest BCUT2D eigenvalue weighted by Gasteiger charge is -2.13. The maximum absolute atomic E-state index is 13.2. The fraction of sp³-hybridized carbons (Fsp3) is 0.300. The minimum absolute atomic E-state index is 0.275. The fourth-order valence-electron chi connectivity index (χ4n) is 1.26. The monoisotopic (exact) mass is 179 g/mol. The lowest BCUT2D eigenvalue weighted by Crippen LogP contribution is -2.15. The number of nitrogens with zero attached hydrogens (tertiary/aromatic N) is 1. The van der Waals surface area contributed by atoms with Crippen molar-refractivity contribution in [1.29, 1.82) is 0 Å². The molecule has 0 radical (unpaired) electrons. The molecule has 0 spiro atoms. The van der Waals surface area contributed by atoms with Crippen LogP contribution in [0.25, 0.3) is 0 Å². The molecule has 0 atom stereocenters. The molecule has 0 aromatic heterocycles. The molecule has 1 heterocycles. The van der Waals surface area contributed by atoms with Crippen molar-refractivity contribution in [2.24, 2.45) is 4.99 Å². The van der Waals surface area contributed by atoms with Gasteiger partial charge in [-0.25, -0.2) is 4.39 Å². The van der Waals surface area contributed by atoms with Gasteiger partial charge in [-0.3, -0.25) is 4.99 Å². The number of hydrogen-bond acceptors (Lipinski definition) is 2. The SMILES string of the molecule is Fc1ccccc1C1=NCCCO1. The summed E-state index contributed by atoms with van der Waals surface area (Å²) in [7, 11) is 0. The number of rotatable bonds is 1. The molecule has 2 nitrogen and oxygen atoms in total. The summed E-state index contributed by atoms with van der Waals surface area (Å²) in [6.45, 7) is 1.36. The lowest BCUT2D eigenvalue weighted by atomic mass is 10.2. The second-order valence-corrected chi connectivity index (χ2v) is 2.87. The molecule has 1 aliphatic rings. The molecule has 68 valence electrons. The summed E-state index contributed by atoms with van der Waals surface area (Å²) >= 11 is 0. The van der Waals surface area contributed by atoms with Crippen molar-refractivity contribution in [2.45, 2.75) is 6.42 Å². The minimum Gasteiger partial charge on any atom is -0.477 e. The Morgan fingerprint density at radius 3 is 2.85 bits per heavy atom. The highest BCUT2D eigenvalue weighted by molar-refractivity contribution is 5.94. The maximum Gasteiger partial charge on any atom is 0.219 e. The van der Waals surface area contributed by atoms with E-state index in [9.17, 15) is 4.39 Å². The first-order valence-corrected chi connectivity index (χ1v) is 4.30. The van der Waals surface area contributed by atoms with Crippen molar-refractivity contribution in [3.63, 3.8) is 0 Å². The molecule has 2 rings (SSSR count). The van der Waals surface area contributed by atoms with E-state index in [0.29, 0.717) is 18.1 Å². The van der Waals surface area contributed by atoms with Crippen molar-refractivity contribution >= 4 is 5.90 Å². The summed E-state index contributed by atoms with van der Waals surface area (Å²) in [5, 5.41) is 0. The first-order chi connectivity index (χ1) is 6.38. The largest absolute Gasteiger partial charge is 0.477 e. The van der Waals surface area contributed by atoms with Crippen LogP contribution in [0.2, 0.25) is 0 Å². The molecule has 0 bridgehead atoms. The number of hydrogen-bond donors (Lipinski definition) is 0. The molecule has 1 aliphatic heterocycles. The number of ether oxygens (including phenoxy) is 1. The van der Waals surface area contributed by atoms with E-state index in [-0.39, 0.29) is 5.82 Å². The highest BCUT2D eigenvalue weighted by atomic mass is 19.1. The third kappa shape index (κ3) is 1.69. The summed E-state index contributed by atoms with van der Waals surface area (Å²) in [6.07, 6.45) is 0.915. The van der Waals surface area contributed by atoms with Crippen LogP contribution in [0.1, 0.15) is 12.0 Å². The molecule has 1 aromatic carbocycles. The fourth-order valence-corrected chi connectivity index (χ4v) is 1.26. The second-order valence-electron chi connectivity index (χ2n) is 2.87. The Morgan fingerprint density at radius 1 is 1.31 bits per heavy atom. The van der Waals surface area contributed by atoms with Crippen molar-refractivity contribution in [3.05, 3.63) is 35.6 Å². The van der Waals surface area contributed by atoms with Crippen molar-refractivity contribution < 1.29 is 9.13 Å². The van der Waals surface area contributed by atoms with Gasteiger partial charge < -0.3 is 4.74 Å². The van der Waals surface area contributed by atoms with Crippen LogP contribution < -0.4 is 0 Å². The van der Waals surface area contributed by atoms with E-state index >= 15 is 0 Å². The van der Waals surface area contributed by atoms with Crippen molar-refractivity contribution in [2.75, 3.05) is 13.2 Å². The Labute approximate surface area is 76.1 Å². The molecule has 13 heavy (non-hydrogen) atoms. The van der Waals surface area contributed by atoms with Crippen molar-refractivity contribution in [1.82, 2.24) is 0 Å². The summed E-state index contributed by atoms with van der Waals surface area (Å²) in [4.78, 5) is 4.11. The summed E-state index contributed by atoms with van der Waals surface area (Å²) < 4.78 is 18.5. The maximum atomic E-state index is 13.2. The summed E-state index contributed by atoms with van der Waals surface area (Å²) in [6, 6.07) is 6.52. The van der Waals surface area contributed by atoms with Gasteiger partial charge in [0.2, 0.25) is 5.90 Å². The van der Waals surface area contributed by atoms with Gasteiger partial charge in [-0.05, 0) is 12.1 Å². The topological polar surface area (TPSA) is 21.6 Å². The van der Waals surface area contributed by atoms with Gasteiger partial charge in [0.1, 0.15) is 5.82 Å². The van der Waals surface area contributed by atoms with E-state index in [4.69, 9.17) is 4.74 Å². The standard InChI is InChI=1S/C10H10FNO/c11-9-5-2-1-4-8(9)10-12-6-3-7-13-10/h1-2,4-5H,3,6-7H2. The normalized spacial score (nSPS) is 16.2. The van der Waals surface area contributed by atoms with Crippen LogP contribution in [-0.4, -0.2) is 19.0 Å². The zero-order valence-electron chi connectivity index (χ0n) is 7.16. The Balaban J connectivity index is 2.34. The summed E-state index contributed by atoms with van der Waals surface area (Å²) in [5.41, 5.74) is 0.460. The van der Waals surface area contributed by atoms with Crippen LogP contribution >= 0.6 is 0 Å². The van der Waals surface area contributed by atoms with Crippen LogP contribution in [0.3, 0.4) is 0 Å². The van der Waals surface area contributed by atoms with Gasteiger partial charge in [-0.1, -0.05) is 12.1 Å². The first-order valence-electron chi connectivity index (χ1n) is 4.30. The molecule has 0 amide bonds. The van der Waals surface area contributed by atoms with Gasteiger partial charge in [0.25, 0.3) is 0 Å². The molecule has 3 heteroatoms. The third-order valence-electron chi connectivity index (χ3n) is 1.90. The Bertz CT molecular complexity index is 335. The van der Waals surface area contributed by atoms with Gasteiger partial charge >= 0.3 is 0 Å². The molecule has 0 saturated carbocycles. The highest BCUT2D eigenvalue weighted by Crippen LogP contribution is 2.11. The van der Waals surface area contributed by atoms with E-state index in [0.717, 1.165) is 13.0 Å². The smallest absolute Gasteiger partial charge is 0.219 e. The zero-order valence-corrected chi connectivity index (χ0v) is 7.16. The predicted octanol–water partition coefficient (Wildman–Crippen LogP) is 1.99. The van der Waals surface area contributed by atoms with Crippen LogP contribution in [0.15, 0.2) is 29.3 Å². The summed E-state index contributed by atoms with van der Waals surface area (Å²) in [5.74, 6) is 0.160. The number of aliphatic imine (C=N–C) groups is 1. The molecular formula is C10H10FNO. The average Bonchev–Trinajstić information content (AvgIpc) is 2.20. The number of halogens is 1. The molecule has 0 saturated heterocycles. The first kappa shape index (κ1) is 8.23. The Morgan fingerprint density at radius 2 is 2.15 bits per heavy atom. The van der Waals surface area contributed by atoms with Crippen LogP contribution in [0, 0.1) is 5.82 Å². The van der Waals surface area contributed by atoms with Gasteiger partial charge in [0.05, 0.1) is 12.2 Å². The second kappa shape index (κ2) is 3.56. The highest BCUT2D eigenvalue weighted by Gasteiger charge is 2.12. The molecule has 0 aliphatic carbocycles. The minimum atomic E-state index is -0.275. The van der Waals surface area contributed by atoms with E-state index < -0.39 is 0 Å². The molecular weight excluding hydrogens is 169 g/mol. The lowest BCUT2D eigenvalue weighted by molar-refractivity contribution is 0.283. The van der Waals surface area contributed by atoms with E-state index in [2.05, 4.69) is 4.99 Å². The van der Waals surface area contributed by atoms with Gasteiger partial charge in [-0.2, -0.15) is 0 Å². The number of benzene rings is 1. The van der Waals surface area contributed by atoms with E-state index in [1.165, 1.54) is 6.07 Å². The van der Waals surface area contributed by atoms with Crippen molar-refractivity contribution in [3.8, 4) is 0 Å². The zero-order chi connectivity index (χ0) is 9.10. The van der Waals surface area contributed by atoms with Gasteiger partial charge in [0.15, 0.2) is 0 Å². The Hall–Kier alpha value is -1.38. The molecule has 1 aromatic rings. The van der Waals surface area contributed by atoms with Crippen LogP contribution in [0.5, 0.6) is 0 Å². The molecule has 0 N–H and O–H groups in total. The predicted molar refractivity (Wildman–Crippen MR) is 48.4 cm³/mol. The van der Waals surface area contributed by atoms with Gasteiger partial charge in [-0.15, -0.1) is 0 Å². The van der Waals surface area contributed by atoms with E-state index in [1.807, 2.05) is 0 Å². The Kier molecular flexibility index (Phi) is 2.25. The van der Waals surface area contributed by atoms with Crippen LogP contribution in [0.4, 0.5) is 4.39 Å². The third-order valence-corrected chi connectivity index (χ3v) is 1.90. The van der Waals surface area contributed by atoms with Crippen LogP contribution in [-0.2, 0) is 4.74 Å². The molecule has 0 unspecified atom stereocenters. The quantitative estimate of drug-likeness (QED) is 0.646. The van der Waals surface area contributed by atoms with Gasteiger partial charge in [0, 0.05) is 13.0 Å². The average molecular weight is 179 g/mol.